The van der Waals surface area contributed by atoms with Crippen molar-refractivity contribution in [2.75, 3.05) is 19.3 Å². The monoisotopic (exact) mass is 199 g/mol. The number of hydrogen-bond acceptors (Lipinski definition) is 2. The van der Waals surface area contributed by atoms with Crippen molar-refractivity contribution in [3.8, 4) is 0 Å². The number of thioether (sulfide) groups is 1. The van der Waals surface area contributed by atoms with E-state index in [0.717, 1.165) is 6.54 Å². The fourth-order valence-electron chi connectivity index (χ4n) is 1.97. The Kier molecular flexibility index (Phi) is 4.89. The molecule has 1 nitrogen and oxygen atoms in total. The van der Waals surface area contributed by atoms with Gasteiger partial charge >= 0.3 is 0 Å². The van der Waals surface area contributed by atoms with E-state index in [1.807, 2.05) is 0 Å². The lowest BCUT2D eigenvalue weighted by Gasteiger charge is -2.26. The standard InChI is InChI=1S/C11H21NS/c1-3-4-9-12-10-11(13-2)7-5-6-8-11/h3-4,12H,5-10H2,1-2H3/b4-3+. The molecule has 0 unspecified atom stereocenters. The van der Waals surface area contributed by atoms with Gasteiger partial charge in [-0.25, -0.2) is 0 Å². The van der Waals surface area contributed by atoms with Gasteiger partial charge in [0.15, 0.2) is 0 Å². The van der Waals surface area contributed by atoms with Gasteiger partial charge in [0.25, 0.3) is 0 Å². The molecule has 0 amide bonds. The van der Waals surface area contributed by atoms with E-state index in [0.29, 0.717) is 4.75 Å². The number of hydrogen-bond donors (Lipinski definition) is 1. The van der Waals surface area contributed by atoms with Gasteiger partial charge in [-0.2, -0.15) is 11.8 Å². The largest absolute Gasteiger partial charge is 0.312 e. The average Bonchev–Trinajstić information content (AvgIpc) is 2.62. The highest BCUT2D eigenvalue weighted by molar-refractivity contribution is 8.00. The minimum Gasteiger partial charge on any atom is -0.312 e. The first-order chi connectivity index (χ1) is 6.33. The molecule has 1 rings (SSSR count). The minimum absolute atomic E-state index is 0.557. The first kappa shape index (κ1) is 11.1. The van der Waals surface area contributed by atoms with Crippen LogP contribution in [0.1, 0.15) is 32.6 Å². The summed E-state index contributed by atoms with van der Waals surface area (Å²) in [6, 6.07) is 0. The Labute approximate surface area is 86.4 Å². The Bertz CT molecular complexity index is 159. The third-order valence-corrected chi connectivity index (χ3v) is 4.31. The molecule has 0 aliphatic heterocycles. The van der Waals surface area contributed by atoms with Gasteiger partial charge in [0.1, 0.15) is 0 Å². The Morgan fingerprint density at radius 3 is 2.62 bits per heavy atom. The summed E-state index contributed by atoms with van der Waals surface area (Å²) < 4.78 is 0.557. The fraction of sp³-hybridized carbons (Fsp3) is 0.818. The Hall–Kier alpha value is 0.0500. The van der Waals surface area contributed by atoms with E-state index in [-0.39, 0.29) is 0 Å². The van der Waals surface area contributed by atoms with E-state index in [1.165, 1.54) is 32.2 Å². The topological polar surface area (TPSA) is 12.0 Å². The molecule has 1 aliphatic carbocycles. The maximum Gasteiger partial charge on any atom is 0.0281 e. The molecular formula is C11H21NS. The highest BCUT2D eigenvalue weighted by Gasteiger charge is 2.31. The smallest absolute Gasteiger partial charge is 0.0281 e. The van der Waals surface area contributed by atoms with Crippen LogP contribution in [0.5, 0.6) is 0 Å². The predicted octanol–water partition coefficient (Wildman–Crippen LogP) is 2.83. The molecule has 0 atom stereocenters. The molecular weight excluding hydrogens is 178 g/mol. The van der Waals surface area contributed by atoms with Crippen LogP contribution in [0.3, 0.4) is 0 Å². The summed E-state index contributed by atoms with van der Waals surface area (Å²) in [5.74, 6) is 0. The lowest BCUT2D eigenvalue weighted by molar-refractivity contribution is 0.553. The van der Waals surface area contributed by atoms with E-state index in [9.17, 15) is 0 Å². The Balaban J connectivity index is 2.23. The third kappa shape index (κ3) is 3.35. The van der Waals surface area contributed by atoms with Crippen molar-refractivity contribution in [2.45, 2.75) is 37.4 Å². The summed E-state index contributed by atoms with van der Waals surface area (Å²) >= 11 is 2.05. The van der Waals surface area contributed by atoms with E-state index in [2.05, 4.69) is 42.4 Å². The van der Waals surface area contributed by atoms with Crippen LogP contribution in [0.2, 0.25) is 0 Å². The van der Waals surface area contributed by atoms with Crippen molar-refractivity contribution >= 4 is 11.8 Å². The molecule has 0 aromatic carbocycles. The van der Waals surface area contributed by atoms with Crippen LogP contribution in [0.4, 0.5) is 0 Å². The average molecular weight is 199 g/mol. The van der Waals surface area contributed by atoms with Crippen LogP contribution in [-0.2, 0) is 0 Å². The molecule has 0 radical (unpaired) electrons. The molecule has 2 heteroatoms. The van der Waals surface area contributed by atoms with Crippen LogP contribution in [0.25, 0.3) is 0 Å². The van der Waals surface area contributed by atoms with Crippen LogP contribution in [0.15, 0.2) is 12.2 Å². The van der Waals surface area contributed by atoms with Crippen molar-refractivity contribution < 1.29 is 0 Å². The predicted molar refractivity (Wildman–Crippen MR) is 62.4 cm³/mol. The van der Waals surface area contributed by atoms with Gasteiger partial charge in [-0.05, 0) is 26.0 Å². The quantitative estimate of drug-likeness (QED) is 0.540. The Morgan fingerprint density at radius 2 is 2.08 bits per heavy atom. The number of rotatable bonds is 5. The first-order valence-electron chi connectivity index (χ1n) is 5.20. The van der Waals surface area contributed by atoms with E-state index < -0.39 is 0 Å². The Morgan fingerprint density at radius 1 is 1.38 bits per heavy atom. The molecule has 1 saturated carbocycles. The molecule has 0 saturated heterocycles. The van der Waals surface area contributed by atoms with Gasteiger partial charge in [-0.15, -0.1) is 0 Å². The second-order valence-electron chi connectivity index (χ2n) is 3.79. The molecule has 1 aliphatic rings. The summed E-state index contributed by atoms with van der Waals surface area (Å²) in [5, 5.41) is 3.51. The van der Waals surface area contributed by atoms with Crippen molar-refractivity contribution in [1.82, 2.24) is 5.32 Å². The molecule has 1 fully saturated rings. The van der Waals surface area contributed by atoms with Crippen LogP contribution >= 0.6 is 11.8 Å². The first-order valence-corrected chi connectivity index (χ1v) is 6.42. The normalized spacial score (nSPS) is 21.4. The highest BCUT2D eigenvalue weighted by atomic mass is 32.2. The van der Waals surface area contributed by atoms with Crippen molar-refractivity contribution in [3.63, 3.8) is 0 Å². The second-order valence-corrected chi connectivity index (χ2v) is 5.07. The van der Waals surface area contributed by atoms with Crippen LogP contribution in [-0.4, -0.2) is 24.1 Å². The van der Waals surface area contributed by atoms with Gasteiger partial charge in [0, 0.05) is 17.8 Å². The van der Waals surface area contributed by atoms with Crippen LogP contribution in [0, 0.1) is 0 Å². The lowest BCUT2D eigenvalue weighted by Crippen LogP contribution is -2.35. The highest BCUT2D eigenvalue weighted by Crippen LogP contribution is 2.39. The zero-order valence-corrected chi connectivity index (χ0v) is 9.62. The summed E-state index contributed by atoms with van der Waals surface area (Å²) in [6.45, 7) is 4.28. The summed E-state index contributed by atoms with van der Waals surface area (Å²) in [4.78, 5) is 0. The second kappa shape index (κ2) is 5.71. The van der Waals surface area contributed by atoms with E-state index in [4.69, 9.17) is 0 Å². The summed E-state index contributed by atoms with van der Waals surface area (Å²) in [6.07, 6.45) is 12.2. The van der Waals surface area contributed by atoms with Gasteiger partial charge in [-0.3, -0.25) is 0 Å². The van der Waals surface area contributed by atoms with E-state index >= 15 is 0 Å². The summed E-state index contributed by atoms with van der Waals surface area (Å²) in [7, 11) is 0. The maximum atomic E-state index is 3.51. The van der Waals surface area contributed by atoms with Crippen molar-refractivity contribution in [1.29, 1.82) is 0 Å². The summed E-state index contributed by atoms with van der Waals surface area (Å²) in [5.41, 5.74) is 0. The molecule has 76 valence electrons. The SMILES string of the molecule is C/C=C/CNCC1(SC)CCCC1. The molecule has 0 spiro atoms. The van der Waals surface area contributed by atoms with Gasteiger partial charge in [-0.1, -0.05) is 25.0 Å². The van der Waals surface area contributed by atoms with Crippen molar-refractivity contribution in [3.05, 3.63) is 12.2 Å². The third-order valence-electron chi connectivity index (χ3n) is 2.89. The number of allylic oxidation sites excluding steroid dienone is 1. The van der Waals surface area contributed by atoms with Gasteiger partial charge in [0.2, 0.25) is 0 Å². The maximum absolute atomic E-state index is 3.51. The molecule has 13 heavy (non-hydrogen) atoms. The van der Waals surface area contributed by atoms with Gasteiger partial charge < -0.3 is 5.32 Å². The van der Waals surface area contributed by atoms with Crippen molar-refractivity contribution in [2.24, 2.45) is 0 Å². The zero-order valence-electron chi connectivity index (χ0n) is 8.81. The number of nitrogens with one attached hydrogen (secondary N) is 1. The minimum atomic E-state index is 0.557. The van der Waals surface area contributed by atoms with E-state index in [1.54, 1.807) is 0 Å². The molecule has 0 aromatic rings. The zero-order chi connectivity index (χ0) is 9.57. The molecule has 0 heterocycles. The molecule has 1 N–H and O–H groups in total. The molecule has 0 aromatic heterocycles. The van der Waals surface area contributed by atoms with Gasteiger partial charge in [0.05, 0.1) is 0 Å². The van der Waals surface area contributed by atoms with Crippen LogP contribution < -0.4 is 5.32 Å². The fourth-order valence-corrected chi connectivity index (χ4v) is 2.92. The molecule has 0 bridgehead atoms. The lowest BCUT2D eigenvalue weighted by atomic mass is 10.1.